The highest BCUT2D eigenvalue weighted by Crippen LogP contribution is 2.33. The van der Waals surface area contributed by atoms with Crippen LogP contribution in [0.3, 0.4) is 0 Å². The second-order valence-electron chi connectivity index (χ2n) is 6.01. The van der Waals surface area contributed by atoms with Crippen LogP contribution in [0.4, 0.5) is 0 Å². The van der Waals surface area contributed by atoms with Crippen LogP contribution in [0.5, 0.6) is 0 Å². The summed E-state index contributed by atoms with van der Waals surface area (Å²) in [6.45, 7) is 4.09. The van der Waals surface area contributed by atoms with Crippen molar-refractivity contribution in [2.24, 2.45) is 5.92 Å². The lowest BCUT2D eigenvalue weighted by Crippen LogP contribution is -2.23. The van der Waals surface area contributed by atoms with E-state index in [1.165, 1.54) is 4.88 Å². The van der Waals surface area contributed by atoms with Gasteiger partial charge in [0.25, 0.3) is 0 Å². The molecule has 0 saturated heterocycles. The first-order valence-corrected chi connectivity index (χ1v) is 9.06. The summed E-state index contributed by atoms with van der Waals surface area (Å²) in [6.07, 6.45) is 7.03. The van der Waals surface area contributed by atoms with Crippen molar-refractivity contribution in [3.8, 4) is 22.3 Å². The number of hydrogen-bond donors (Lipinski definition) is 3. The third-order valence-corrected chi connectivity index (χ3v) is 5.18. The maximum Gasteiger partial charge on any atom is 0.161 e. The summed E-state index contributed by atoms with van der Waals surface area (Å²) >= 11 is 1.72. The first kappa shape index (κ1) is 17.6. The molecule has 3 rings (SSSR count). The van der Waals surface area contributed by atoms with Crippen molar-refractivity contribution in [2.45, 2.75) is 33.0 Å². The molecular weight excluding hydrogens is 334 g/mol. The molecule has 0 aromatic carbocycles. The quantitative estimate of drug-likeness (QED) is 0.578. The van der Waals surface area contributed by atoms with E-state index in [2.05, 4.69) is 30.9 Å². The van der Waals surface area contributed by atoms with Crippen LogP contribution < -0.4 is 0 Å². The number of aliphatic hydroxyl groups excluding tert-OH is 2. The van der Waals surface area contributed by atoms with E-state index in [1.807, 2.05) is 30.0 Å². The van der Waals surface area contributed by atoms with Crippen LogP contribution in [-0.4, -0.2) is 26.2 Å². The van der Waals surface area contributed by atoms with E-state index in [1.54, 1.807) is 17.4 Å². The third-order valence-electron chi connectivity index (χ3n) is 4.15. The molecule has 5 heteroatoms. The zero-order chi connectivity index (χ0) is 18.0. The van der Waals surface area contributed by atoms with E-state index in [0.29, 0.717) is 6.42 Å². The summed E-state index contributed by atoms with van der Waals surface area (Å²) in [5.74, 6) is 5.65. The highest BCUT2D eigenvalue weighted by molar-refractivity contribution is 7.15. The van der Waals surface area contributed by atoms with Gasteiger partial charge in [0.2, 0.25) is 0 Å². The Morgan fingerprint density at radius 1 is 1.32 bits per heavy atom. The molecule has 1 aliphatic carbocycles. The van der Waals surface area contributed by atoms with E-state index in [-0.39, 0.29) is 5.76 Å². The Labute approximate surface area is 151 Å². The Hall–Kier alpha value is -2.26. The predicted molar refractivity (Wildman–Crippen MR) is 101 cm³/mol. The number of hydrogen-bond acceptors (Lipinski definition) is 4. The molecule has 0 spiro atoms. The molecule has 0 aliphatic heterocycles. The molecule has 1 unspecified atom stereocenters. The van der Waals surface area contributed by atoms with Crippen LogP contribution in [0.2, 0.25) is 0 Å². The molecule has 3 N–H and O–H groups in total. The van der Waals surface area contributed by atoms with Crippen LogP contribution in [0, 0.1) is 24.7 Å². The summed E-state index contributed by atoms with van der Waals surface area (Å²) in [5, 5.41) is 28.7. The van der Waals surface area contributed by atoms with Crippen molar-refractivity contribution >= 4 is 17.0 Å². The minimum atomic E-state index is -1.56. The normalized spacial score (nSPS) is 17.1. The van der Waals surface area contributed by atoms with Gasteiger partial charge in [-0.1, -0.05) is 24.8 Å². The average Bonchev–Trinajstić information content (AvgIpc) is 3.18. The second-order valence-corrected chi connectivity index (χ2v) is 7.30. The van der Waals surface area contributed by atoms with Crippen molar-refractivity contribution in [1.82, 2.24) is 4.57 Å². The smallest absolute Gasteiger partial charge is 0.161 e. The Morgan fingerprint density at radius 3 is 2.72 bits per heavy atom. The number of aromatic nitrogens is 1. The summed E-state index contributed by atoms with van der Waals surface area (Å²) in [4.78, 5) is 2.40. The molecule has 2 heterocycles. The zero-order valence-corrected chi connectivity index (χ0v) is 15.0. The fraction of sp³-hybridized carbons (Fsp3) is 0.300. The molecule has 25 heavy (non-hydrogen) atoms. The van der Waals surface area contributed by atoms with Crippen molar-refractivity contribution in [1.29, 1.82) is 0 Å². The molecule has 4 nitrogen and oxygen atoms in total. The molecule has 2 aromatic heterocycles. The molecule has 1 aliphatic rings. The predicted octanol–water partition coefficient (Wildman–Crippen LogP) is 3.90. The first-order chi connectivity index (χ1) is 12.0. The fourth-order valence-electron chi connectivity index (χ4n) is 2.80. The standard InChI is InChI=1S/C20H21NO3S/c1-3-4-5-14-11-21(12-17(14)19-9-6-13(2)25-19)15-7-8-16(20(23)24)18(22)10-15/h6-7,9-12,16,20,22-24H,3,8H2,1-2H3. The first-order valence-electron chi connectivity index (χ1n) is 8.24. The van der Waals surface area contributed by atoms with Gasteiger partial charge >= 0.3 is 0 Å². The Morgan fingerprint density at radius 2 is 2.12 bits per heavy atom. The molecule has 0 radical (unpaired) electrons. The molecular formula is C20H21NO3S. The van der Waals surface area contributed by atoms with Gasteiger partial charge in [-0.3, -0.25) is 0 Å². The molecule has 130 valence electrons. The van der Waals surface area contributed by atoms with Crippen LogP contribution in [-0.2, 0) is 0 Å². The monoisotopic (exact) mass is 355 g/mol. The van der Waals surface area contributed by atoms with Gasteiger partial charge in [0, 0.05) is 39.8 Å². The summed E-state index contributed by atoms with van der Waals surface area (Å²) < 4.78 is 1.93. The molecule has 0 fully saturated rings. The number of rotatable bonds is 3. The molecule has 0 amide bonds. The van der Waals surface area contributed by atoms with Crippen molar-refractivity contribution < 1.29 is 15.3 Å². The van der Waals surface area contributed by atoms with E-state index >= 15 is 0 Å². The largest absolute Gasteiger partial charge is 0.512 e. The van der Waals surface area contributed by atoms with Gasteiger partial charge in [0.15, 0.2) is 6.29 Å². The van der Waals surface area contributed by atoms with Gasteiger partial charge in [-0.2, -0.15) is 0 Å². The Balaban J connectivity index is 2.00. The molecule has 1 atom stereocenters. The molecule has 0 bridgehead atoms. The molecule has 2 aromatic rings. The van der Waals surface area contributed by atoms with Crippen molar-refractivity contribution in [2.75, 3.05) is 0 Å². The topological polar surface area (TPSA) is 65.6 Å². The Bertz CT molecular complexity index is 890. The lowest BCUT2D eigenvalue weighted by Gasteiger charge is -2.21. The minimum Gasteiger partial charge on any atom is -0.512 e. The van der Waals surface area contributed by atoms with Gasteiger partial charge in [-0.25, -0.2) is 0 Å². The molecule has 0 saturated carbocycles. The highest BCUT2D eigenvalue weighted by atomic mass is 32.1. The van der Waals surface area contributed by atoms with E-state index in [0.717, 1.165) is 28.1 Å². The van der Waals surface area contributed by atoms with Crippen molar-refractivity contribution in [3.05, 3.63) is 52.9 Å². The summed E-state index contributed by atoms with van der Waals surface area (Å²) in [7, 11) is 0. The van der Waals surface area contributed by atoms with Crippen LogP contribution in [0.1, 0.15) is 30.2 Å². The highest BCUT2D eigenvalue weighted by Gasteiger charge is 2.24. The lowest BCUT2D eigenvalue weighted by atomic mass is 9.96. The average molecular weight is 355 g/mol. The van der Waals surface area contributed by atoms with E-state index < -0.39 is 12.2 Å². The summed E-state index contributed by atoms with van der Waals surface area (Å²) in [5.41, 5.74) is 2.81. The van der Waals surface area contributed by atoms with E-state index in [9.17, 15) is 15.3 Å². The third kappa shape index (κ3) is 3.72. The number of thiophene rings is 1. The number of allylic oxidation sites excluding steroid dienone is 3. The van der Waals surface area contributed by atoms with Gasteiger partial charge in [-0.05, 0) is 31.6 Å². The SMILES string of the molecule is CCC#Cc1cn(C2=CCC(C(O)O)C(O)=C2)cc1-c1ccc(C)s1. The maximum absolute atomic E-state index is 10.1. The number of aliphatic hydroxyl groups is 3. The van der Waals surface area contributed by atoms with Crippen LogP contribution in [0.25, 0.3) is 16.1 Å². The zero-order valence-electron chi connectivity index (χ0n) is 14.2. The number of nitrogens with zero attached hydrogens (tertiary/aromatic N) is 1. The van der Waals surface area contributed by atoms with Gasteiger partial charge < -0.3 is 19.9 Å². The van der Waals surface area contributed by atoms with Crippen LogP contribution >= 0.6 is 11.3 Å². The van der Waals surface area contributed by atoms with Gasteiger partial charge in [0.05, 0.1) is 11.5 Å². The maximum atomic E-state index is 10.1. The lowest BCUT2D eigenvalue weighted by molar-refractivity contribution is -0.0811. The van der Waals surface area contributed by atoms with E-state index in [4.69, 9.17) is 0 Å². The van der Waals surface area contributed by atoms with Gasteiger partial charge in [-0.15, -0.1) is 11.3 Å². The van der Waals surface area contributed by atoms with Crippen LogP contribution in [0.15, 0.2) is 42.4 Å². The minimum absolute atomic E-state index is 0.0177. The fourth-order valence-corrected chi connectivity index (χ4v) is 3.69. The number of aryl methyl sites for hydroxylation is 1. The Kier molecular flexibility index (Phi) is 5.14. The summed E-state index contributed by atoms with van der Waals surface area (Å²) in [6, 6.07) is 4.19. The van der Waals surface area contributed by atoms with Gasteiger partial charge in [0.1, 0.15) is 5.76 Å². The second kappa shape index (κ2) is 7.32. The van der Waals surface area contributed by atoms with Crippen molar-refractivity contribution in [3.63, 3.8) is 0 Å².